The van der Waals surface area contributed by atoms with Crippen molar-refractivity contribution in [2.24, 2.45) is 0 Å². The lowest BCUT2D eigenvalue weighted by molar-refractivity contribution is -0.118. The summed E-state index contributed by atoms with van der Waals surface area (Å²) in [6.07, 6.45) is 0. The van der Waals surface area contributed by atoms with Crippen LogP contribution in [0.2, 0.25) is 10.0 Å². The molecule has 0 aliphatic rings. The number of carbonyl (C=O) groups excluding carboxylic acids is 1. The van der Waals surface area contributed by atoms with Gasteiger partial charge in [-0.1, -0.05) is 23.2 Å². The molecule has 0 atom stereocenters. The Balaban J connectivity index is 2.26. The zero-order chi connectivity index (χ0) is 17.3. The molecular weight excluding hydrogens is 351 g/mol. The number of Topliss-reactive ketones (excluding diaryl/α,β-unsaturated/α-hetero) is 1. The number of carbonyl (C=O) groups is 1. The Morgan fingerprint density at radius 2 is 1.75 bits per heavy atom. The average Bonchev–Trinajstić information content (AvgIpc) is 2.55. The van der Waals surface area contributed by atoms with Crippen molar-refractivity contribution in [1.82, 2.24) is 0 Å². The van der Waals surface area contributed by atoms with Gasteiger partial charge in [0.15, 0.2) is 11.5 Å². The van der Waals surface area contributed by atoms with Crippen LogP contribution >= 0.6 is 23.2 Å². The van der Waals surface area contributed by atoms with Crippen molar-refractivity contribution in [3.8, 4) is 17.1 Å². The predicted molar refractivity (Wildman–Crippen MR) is 94.1 cm³/mol. The molecule has 0 bridgehead atoms. The molecule has 6 heteroatoms. The Morgan fingerprint density at radius 3 is 2.42 bits per heavy atom. The van der Waals surface area contributed by atoms with Crippen molar-refractivity contribution in [2.75, 3.05) is 6.61 Å². The highest BCUT2D eigenvalue weighted by Crippen LogP contribution is 2.32. The van der Waals surface area contributed by atoms with E-state index in [2.05, 4.69) is 0 Å². The quantitative estimate of drug-likeness (QED) is 0.672. The highest BCUT2D eigenvalue weighted by atomic mass is 35.5. The van der Waals surface area contributed by atoms with Crippen molar-refractivity contribution in [3.63, 3.8) is 0 Å². The summed E-state index contributed by atoms with van der Waals surface area (Å²) in [4.78, 5) is 24.0. The zero-order valence-corrected chi connectivity index (χ0v) is 14.1. The Hall–Kier alpha value is -2.30. The van der Waals surface area contributed by atoms with Crippen molar-refractivity contribution >= 4 is 40.0 Å². The third kappa shape index (κ3) is 3.30. The van der Waals surface area contributed by atoms with E-state index in [1.54, 1.807) is 36.4 Å². The fourth-order valence-corrected chi connectivity index (χ4v) is 2.54. The number of hydrogen-bond acceptors (Lipinski definition) is 4. The Labute approximate surface area is 147 Å². The van der Waals surface area contributed by atoms with E-state index in [4.69, 9.17) is 32.4 Å². The monoisotopic (exact) mass is 362 g/mol. The van der Waals surface area contributed by atoms with Gasteiger partial charge in [0.25, 0.3) is 0 Å². The minimum Gasteiger partial charge on any atom is -0.478 e. The molecule has 0 amide bonds. The molecule has 3 aromatic rings. The maximum Gasteiger partial charge on any atom is 0.235 e. The van der Waals surface area contributed by atoms with Gasteiger partial charge < -0.3 is 9.15 Å². The van der Waals surface area contributed by atoms with Crippen LogP contribution in [0, 0.1) is 0 Å². The number of halogens is 2. The zero-order valence-electron chi connectivity index (χ0n) is 12.6. The van der Waals surface area contributed by atoms with Gasteiger partial charge in [0.2, 0.25) is 11.2 Å². The van der Waals surface area contributed by atoms with E-state index in [0.29, 0.717) is 26.6 Å². The normalized spacial score (nSPS) is 10.8. The number of ether oxygens (including phenoxy) is 1. The SMILES string of the molecule is CC(=O)COc1c(-c2ccc(Cl)cc2)oc2ccc(Cl)cc2c1=O. The topological polar surface area (TPSA) is 56.5 Å². The van der Waals surface area contributed by atoms with E-state index >= 15 is 0 Å². The molecule has 1 aromatic heterocycles. The lowest BCUT2D eigenvalue weighted by Gasteiger charge is -2.11. The summed E-state index contributed by atoms with van der Waals surface area (Å²) in [5.74, 6) is 0.0117. The van der Waals surface area contributed by atoms with Gasteiger partial charge >= 0.3 is 0 Å². The van der Waals surface area contributed by atoms with E-state index < -0.39 is 0 Å². The number of rotatable bonds is 4. The van der Waals surface area contributed by atoms with Crippen molar-refractivity contribution in [3.05, 3.63) is 62.7 Å². The molecule has 1 heterocycles. The lowest BCUT2D eigenvalue weighted by Crippen LogP contribution is -2.14. The van der Waals surface area contributed by atoms with Crippen molar-refractivity contribution < 1.29 is 13.9 Å². The molecule has 24 heavy (non-hydrogen) atoms. The molecule has 0 saturated heterocycles. The van der Waals surface area contributed by atoms with E-state index in [1.165, 1.54) is 13.0 Å². The fraction of sp³-hybridized carbons (Fsp3) is 0.111. The molecule has 0 saturated carbocycles. The lowest BCUT2D eigenvalue weighted by atomic mass is 10.1. The van der Waals surface area contributed by atoms with Crippen molar-refractivity contribution in [2.45, 2.75) is 6.92 Å². The average molecular weight is 363 g/mol. The van der Waals surface area contributed by atoms with Gasteiger partial charge in [-0.25, -0.2) is 0 Å². The van der Waals surface area contributed by atoms with E-state index in [9.17, 15) is 9.59 Å². The summed E-state index contributed by atoms with van der Waals surface area (Å²) in [5.41, 5.74) is 0.612. The smallest absolute Gasteiger partial charge is 0.235 e. The Kier molecular flexibility index (Phi) is 4.60. The molecule has 122 valence electrons. The molecular formula is C18H12Cl2O4. The molecule has 0 aliphatic heterocycles. The summed E-state index contributed by atoms with van der Waals surface area (Å²) in [6, 6.07) is 11.5. The summed E-state index contributed by atoms with van der Waals surface area (Å²) in [7, 11) is 0. The highest BCUT2D eigenvalue weighted by Gasteiger charge is 2.18. The summed E-state index contributed by atoms with van der Waals surface area (Å²) in [6.45, 7) is 1.15. The van der Waals surface area contributed by atoms with Gasteiger partial charge in [0, 0.05) is 15.6 Å². The molecule has 4 nitrogen and oxygen atoms in total. The Morgan fingerprint density at radius 1 is 1.08 bits per heavy atom. The van der Waals surface area contributed by atoms with Crippen LogP contribution in [0.3, 0.4) is 0 Å². The van der Waals surface area contributed by atoms with Crippen LogP contribution in [-0.2, 0) is 4.79 Å². The second kappa shape index (κ2) is 6.67. The van der Waals surface area contributed by atoms with Crippen LogP contribution in [0.1, 0.15) is 6.92 Å². The molecule has 0 aliphatic carbocycles. The minimum atomic E-state index is -0.384. The van der Waals surface area contributed by atoms with Gasteiger partial charge in [-0.3, -0.25) is 9.59 Å². The van der Waals surface area contributed by atoms with Crippen LogP contribution in [0.25, 0.3) is 22.3 Å². The predicted octanol–water partition coefficient (Wildman–Crippen LogP) is 4.73. The standard InChI is InChI=1S/C18H12Cl2O4/c1-10(21)9-23-18-16(22)14-8-13(20)6-7-15(14)24-17(18)11-2-4-12(19)5-3-11/h2-8H,9H2,1H3. The van der Waals surface area contributed by atoms with E-state index in [-0.39, 0.29) is 29.3 Å². The fourth-order valence-electron chi connectivity index (χ4n) is 2.25. The number of hydrogen-bond donors (Lipinski definition) is 0. The third-order valence-electron chi connectivity index (χ3n) is 3.34. The van der Waals surface area contributed by atoms with Crippen LogP contribution in [0.15, 0.2) is 51.7 Å². The van der Waals surface area contributed by atoms with Gasteiger partial charge in [0.05, 0.1) is 5.39 Å². The summed E-state index contributed by atoms with van der Waals surface area (Å²) < 4.78 is 11.3. The van der Waals surface area contributed by atoms with Crippen LogP contribution < -0.4 is 10.2 Å². The first-order valence-electron chi connectivity index (χ1n) is 7.10. The van der Waals surface area contributed by atoms with Crippen molar-refractivity contribution in [1.29, 1.82) is 0 Å². The molecule has 2 aromatic carbocycles. The summed E-state index contributed by atoms with van der Waals surface area (Å²) in [5, 5.41) is 1.25. The molecule has 0 unspecified atom stereocenters. The number of ketones is 1. The maximum atomic E-state index is 12.8. The Bertz CT molecular complexity index is 975. The van der Waals surface area contributed by atoms with Gasteiger partial charge in [-0.2, -0.15) is 0 Å². The van der Waals surface area contributed by atoms with Crippen LogP contribution in [0.5, 0.6) is 5.75 Å². The molecule has 3 rings (SSSR count). The molecule has 0 N–H and O–H groups in total. The maximum absolute atomic E-state index is 12.8. The number of fused-ring (bicyclic) bond motifs is 1. The summed E-state index contributed by atoms with van der Waals surface area (Å²) >= 11 is 11.9. The molecule has 0 spiro atoms. The van der Waals surface area contributed by atoms with Gasteiger partial charge in [-0.15, -0.1) is 0 Å². The first kappa shape index (κ1) is 16.6. The van der Waals surface area contributed by atoms with Gasteiger partial charge in [0.1, 0.15) is 12.2 Å². The van der Waals surface area contributed by atoms with E-state index in [0.717, 1.165) is 0 Å². The number of benzene rings is 2. The highest BCUT2D eigenvalue weighted by molar-refractivity contribution is 6.31. The first-order valence-corrected chi connectivity index (χ1v) is 7.86. The second-order valence-corrected chi connectivity index (χ2v) is 6.10. The molecule has 0 fully saturated rings. The minimum absolute atomic E-state index is 0.0257. The van der Waals surface area contributed by atoms with Crippen LogP contribution in [0.4, 0.5) is 0 Å². The van der Waals surface area contributed by atoms with E-state index in [1.807, 2.05) is 0 Å². The van der Waals surface area contributed by atoms with Crippen LogP contribution in [-0.4, -0.2) is 12.4 Å². The first-order chi connectivity index (χ1) is 11.5. The molecule has 0 radical (unpaired) electrons. The third-order valence-corrected chi connectivity index (χ3v) is 3.82. The largest absolute Gasteiger partial charge is 0.478 e. The van der Waals surface area contributed by atoms with Gasteiger partial charge in [-0.05, 0) is 49.4 Å². The second-order valence-electron chi connectivity index (χ2n) is 5.23.